The van der Waals surface area contributed by atoms with Crippen molar-refractivity contribution < 1.29 is 9.53 Å². The number of nitrogens with zero attached hydrogens (tertiary/aromatic N) is 1. The van der Waals surface area contributed by atoms with Crippen molar-refractivity contribution in [1.82, 2.24) is 15.3 Å². The molecular formula is C25H23ClN4O2S. The lowest BCUT2D eigenvalue weighted by Gasteiger charge is -2.11. The van der Waals surface area contributed by atoms with E-state index in [2.05, 4.69) is 20.6 Å². The Bertz CT molecular complexity index is 1290. The molecule has 3 N–H and O–H groups in total. The summed E-state index contributed by atoms with van der Waals surface area (Å²) < 4.78 is 5.57. The molecule has 0 radical (unpaired) electrons. The van der Waals surface area contributed by atoms with Crippen molar-refractivity contribution in [2.45, 2.75) is 20.8 Å². The number of ether oxygens (including phenoxy) is 1. The monoisotopic (exact) mass is 478 g/mol. The maximum absolute atomic E-state index is 12.2. The summed E-state index contributed by atoms with van der Waals surface area (Å²) in [4.78, 5) is 20.1. The van der Waals surface area contributed by atoms with Crippen LogP contribution in [0.15, 0.2) is 54.6 Å². The van der Waals surface area contributed by atoms with E-state index in [-0.39, 0.29) is 17.6 Å². The zero-order valence-corrected chi connectivity index (χ0v) is 20.0. The number of halogens is 1. The summed E-state index contributed by atoms with van der Waals surface area (Å²) in [7, 11) is 0. The first-order chi connectivity index (χ1) is 15.8. The van der Waals surface area contributed by atoms with E-state index >= 15 is 0 Å². The zero-order chi connectivity index (χ0) is 23.5. The second-order valence-corrected chi connectivity index (χ2v) is 8.71. The van der Waals surface area contributed by atoms with E-state index in [1.54, 1.807) is 0 Å². The summed E-state index contributed by atoms with van der Waals surface area (Å²) in [6, 6.07) is 17.2. The minimum Gasteiger partial charge on any atom is -0.484 e. The van der Waals surface area contributed by atoms with Crippen LogP contribution in [0, 0.1) is 20.8 Å². The zero-order valence-electron chi connectivity index (χ0n) is 18.5. The standard InChI is InChI=1S/C25H23ClN4O2S/c1-14-8-15(2)10-19(9-14)32-13-23(31)30-25(33)27-18-6-4-17(5-7-18)24-28-21-11-16(3)20(26)12-22(21)29-24/h4-12H,13H2,1-3H3,(H,28,29)(H2,27,30,31,33). The second kappa shape index (κ2) is 9.60. The molecule has 33 heavy (non-hydrogen) atoms. The van der Waals surface area contributed by atoms with E-state index in [4.69, 9.17) is 28.6 Å². The largest absolute Gasteiger partial charge is 0.484 e. The van der Waals surface area contributed by atoms with Gasteiger partial charge in [0.15, 0.2) is 11.7 Å². The third-order valence-electron chi connectivity index (χ3n) is 5.00. The van der Waals surface area contributed by atoms with Crippen molar-refractivity contribution >= 4 is 51.6 Å². The number of fused-ring (bicyclic) bond motifs is 1. The van der Waals surface area contributed by atoms with Crippen LogP contribution in [-0.4, -0.2) is 27.6 Å². The van der Waals surface area contributed by atoms with Gasteiger partial charge in [0.25, 0.3) is 5.91 Å². The van der Waals surface area contributed by atoms with Gasteiger partial charge < -0.3 is 15.0 Å². The minimum absolute atomic E-state index is 0.126. The molecule has 3 aromatic carbocycles. The van der Waals surface area contributed by atoms with Crippen LogP contribution in [0.3, 0.4) is 0 Å². The van der Waals surface area contributed by atoms with Gasteiger partial charge in [0.05, 0.1) is 11.0 Å². The maximum Gasteiger partial charge on any atom is 0.264 e. The van der Waals surface area contributed by atoms with E-state index in [1.165, 1.54) is 0 Å². The summed E-state index contributed by atoms with van der Waals surface area (Å²) in [5, 5.41) is 6.52. The number of aromatic amines is 1. The molecule has 0 aliphatic carbocycles. The highest BCUT2D eigenvalue weighted by Crippen LogP contribution is 2.26. The number of aromatic nitrogens is 2. The fraction of sp³-hybridized carbons (Fsp3) is 0.160. The van der Waals surface area contributed by atoms with Crippen molar-refractivity contribution in [2.24, 2.45) is 0 Å². The number of hydrogen-bond donors (Lipinski definition) is 3. The molecule has 168 valence electrons. The minimum atomic E-state index is -0.334. The van der Waals surface area contributed by atoms with Crippen molar-refractivity contribution in [3.8, 4) is 17.1 Å². The molecule has 8 heteroatoms. The van der Waals surface area contributed by atoms with Crippen LogP contribution >= 0.6 is 23.8 Å². The summed E-state index contributed by atoms with van der Waals surface area (Å²) in [5.41, 5.74) is 6.56. The number of thiocarbonyl (C=S) groups is 1. The molecule has 6 nitrogen and oxygen atoms in total. The molecule has 1 aromatic heterocycles. The molecule has 0 fully saturated rings. The van der Waals surface area contributed by atoms with Crippen LogP contribution in [0.4, 0.5) is 5.69 Å². The van der Waals surface area contributed by atoms with Gasteiger partial charge in [-0.05, 0) is 98.2 Å². The van der Waals surface area contributed by atoms with Gasteiger partial charge >= 0.3 is 0 Å². The third-order valence-corrected chi connectivity index (χ3v) is 5.61. The number of anilines is 1. The summed E-state index contributed by atoms with van der Waals surface area (Å²) in [6.45, 7) is 5.79. The van der Waals surface area contributed by atoms with Gasteiger partial charge in [0.2, 0.25) is 0 Å². The fourth-order valence-electron chi connectivity index (χ4n) is 3.48. The highest BCUT2D eigenvalue weighted by atomic mass is 35.5. The number of amides is 1. The van der Waals surface area contributed by atoms with Gasteiger partial charge in [-0.2, -0.15) is 0 Å². The fourth-order valence-corrected chi connectivity index (χ4v) is 3.87. The van der Waals surface area contributed by atoms with Crippen LogP contribution in [-0.2, 0) is 4.79 Å². The number of imidazole rings is 1. The highest BCUT2D eigenvalue weighted by Gasteiger charge is 2.09. The van der Waals surface area contributed by atoms with Crippen LogP contribution in [0.25, 0.3) is 22.4 Å². The number of rotatable bonds is 5. The average Bonchev–Trinajstić information content (AvgIpc) is 3.15. The second-order valence-electron chi connectivity index (χ2n) is 7.90. The molecule has 0 bridgehead atoms. The average molecular weight is 479 g/mol. The van der Waals surface area contributed by atoms with Gasteiger partial charge in [-0.25, -0.2) is 4.98 Å². The number of carbonyl (C=O) groups excluding carboxylic acids is 1. The Morgan fingerprint density at radius 2 is 1.76 bits per heavy atom. The highest BCUT2D eigenvalue weighted by molar-refractivity contribution is 7.80. The number of H-pyrrole nitrogens is 1. The molecule has 4 rings (SSSR count). The van der Waals surface area contributed by atoms with Gasteiger partial charge in [0.1, 0.15) is 11.6 Å². The molecule has 0 atom stereocenters. The normalized spacial score (nSPS) is 10.8. The van der Waals surface area contributed by atoms with E-state index in [0.29, 0.717) is 10.8 Å². The van der Waals surface area contributed by atoms with E-state index in [1.807, 2.05) is 75.4 Å². The van der Waals surface area contributed by atoms with Crippen LogP contribution < -0.4 is 15.4 Å². The Kier molecular flexibility index (Phi) is 6.62. The Labute approximate surface area is 202 Å². The molecule has 4 aromatic rings. The molecule has 0 aliphatic heterocycles. The summed E-state index contributed by atoms with van der Waals surface area (Å²) in [6.07, 6.45) is 0. The lowest BCUT2D eigenvalue weighted by molar-refractivity contribution is -0.121. The topological polar surface area (TPSA) is 79.0 Å². The van der Waals surface area contributed by atoms with E-state index in [9.17, 15) is 4.79 Å². The molecule has 1 heterocycles. The van der Waals surface area contributed by atoms with Gasteiger partial charge in [-0.1, -0.05) is 17.7 Å². The summed E-state index contributed by atoms with van der Waals surface area (Å²) in [5.74, 6) is 1.07. The lowest BCUT2D eigenvalue weighted by Crippen LogP contribution is -2.37. The van der Waals surface area contributed by atoms with Crippen LogP contribution in [0.2, 0.25) is 5.02 Å². The summed E-state index contributed by atoms with van der Waals surface area (Å²) >= 11 is 11.4. The van der Waals surface area contributed by atoms with Crippen molar-refractivity contribution in [2.75, 3.05) is 11.9 Å². The Morgan fingerprint density at radius 1 is 1.06 bits per heavy atom. The van der Waals surface area contributed by atoms with Gasteiger partial charge in [0, 0.05) is 16.3 Å². The first-order valence-corrected chi connectivity index (χ1v) is 11.1. The number of benzene rings is 3. The maximum atomic E-state index is 12.2. The molecule has 0 spiro atoms. The molecule has 0 aliphatic rings. The Morgan fingerprint density at radius 3 is 2.45 bits per heavy atom. The Hall–Kier alpha value is -3.42. The Balaban J connectivity index is 1.33. The first kappa shape index (κ1) is 22.8. The van der Waals surface area contributed by atoms with Crippen LogP contribution in [0.5, 0.6) is 5.75 Å². The molecule has 1 amide bonds. The van der Waals surface area contributed by atoms with E-state index in [0.717, 1.165) is 44.8 Å². The van der Waals surface area contributed by atoms with Crippen molar-refractivity contribution in [3.63, 3.8) is 0 Å². The third kappa shape index (κ3) is 5.69. The molecular weight excluding hydrogens is 456 g/mol. The van der Waals surface area contributed by atoms with Crippen molar-refractivity contribution in [1.29, 1.82) is 0 Å². The van der Waals surface area contributed by atoms with Crippen molar-refractivity contribution in [3.05, 3.63) is 76.3 Å². The predicted octanol–water partition coefficient (Wildman–Crippen LogP) is 5.70. The number of nitrogens with one attached hydrogen (secondary N) is 3. The molecule has 0 saturated carbocycles. The smallest absolute Gasteiger partial charge is 0.264 e. The number of carbonyl (C=O) groups is 1. The molecule has 0 unspecified atom stereocenters. The van der Waals surface area contributed by atoms with Gasteiger partial charge in [-0.15, -0.1) is 0 Å². The van der Waals surface area contributed by atoms with Gasteiger partial charge in [-0.3, -0.25) is 10.1 Å². The number of hydrogen-bond acceptors (Lipinski definition) is 4. The molecule has 0 saturated heterocycles. The van der Waals surface area contributed by atoms with Crippen LogP contribution in [0.1, 0.15) is 16.7 Å². The van der Waals surface area contributed by atoms with E-state index < -0.39 is 0 Å². The quantitative estimate of drug-likeness (QED) is 0.321. The first-order valence-electron chi connectivity index (χ1n) is 10.3. The SMILES string of the molecule is Cc1cc(C)cc(OCC(=O)NC(=S)Nc2ccc(-c3nc4cc(Cl)c(C)cc4[nH]3)cc2)c1. The predicted molar refractivity (Wildman–Crippen MR) is 137 cm³/mol. The lowest BCUT2D eigenvalue weighted by atomic mass is 10.1. The number of aryl methyl sites for hydroxylation is 3.